The Morgan fingerprint density at radius 1 is 1.67 bits per heavy atom. The lowest BCUT2D eigenvalue weighted by atomic mass is 10.2. The first kappa shape index (κ1) is 10.2. The van der Waals surface area contributed by atoms with Gasteiger partial charge in [0.15, 0.2) is 0 Å². The van der Waals surface area contributed by atoms with Gasteiger partial charge in [-0.2, -0.15) is 0 Å². The van der Waals surface area contributed by atoms with Gasteiger partial charge in [0.1, 0.15) is 5.82 Å². The minimum absolute atomic E-state index is 0.00262. The van der Waals surface area contributed by atoms with Gasteiger partial charge in [-0.05, 0) is 24.6 Å². The number of carbonyl (C=O) groups is 1. The van der Waals surface area contributed by atoms with E-state index in [0.29, 0.717) is 18.9 Å². The van der Waals surface area contributed by atoms with Crippen LogP contribution in [-0.4, -0.2) is 35.0 Å². The van der Waals surface area contributed by atoms with E-state index in [0.717, 1.165) is 0 Å². The standard InChI is InChI=1S/C9H11ClN4O/c1-6-4-12-8(15)5-14(6)7-2-3-11-9(10)13-7/h2-3,6H,4-5H2,1H3,(H,12,15)/t6-/m0/s1. The first-order valence-corrected chi connectivity index (χ1v) is 5.06. The highest BCUT2D eigenvalue weighted by atomic mass is 35.5. The van der Waals surface area contributed by atoms with Crippen molar-refractivity contribution >= 4 is 23.3 Å². The van der Waals surface area contributed by atoms with Crippen LogP contribution in [0, 0.1) is 0 Å². The van der Waals surface area contributed by atoms with Crippen LogP contribution in [0.4, 0.5) is 5.82 Å². The number of anilines is 1. The number of amides is 1. The van der Waals surface area contributed by atoms with Gasteiger partial charge in [-0.15, -0.1) is 0 Å². The monoisotopic (exact) mass is 226 g/mol. The Bertz CT molecular complexity index is 384. The molecule has 0 unspecified atom stereocenters. The molecule has 1 fully saturated rings. The molecule has 80 valence electrons. The van der Waals surface area contributed by atoms with Crippen LogP contribution < -0.4 is 10.2 Å². The fraction of sp³-hybridized carbons (Fsp3) is 0.444. The fourth-order valence-corrected chi connectivity index (χ4v) is 1.67. The van der Waals surface area contributed by atoms with Crippen molar-refractivity contribution in [2.75, 3.05) is 18.0 Å². The normalized spacial score (nSPS) is 21.3. The van der Waals surface area contributed by atoms with Crippen molar-refractivity contribution in [3.63, 3.8) is 0 Å². The molecule has 1 aliphatic rings. The zero-order chi connectivity index (χ0) is 10.8. The molecule has 0 aliphatic carbocycles. The van der Waals surface area contributed by atoms with E-state index < -0.39 is 0 Å². The van der Waals surface area contributed by atoms with Gasteiger partial charge >= 0.3 is 0 Å². The molecule has 15 heavy (non-hydrogen) atoms. The maximum Gasteiger partial charge on any atom is 0.239 e. The minimum atomic E-state index is 0.00262. The number of piperazine rings is 1. The highest BCUT2D eigenvalue weighted by molar-refractivity contribution is 6.28. The molecule has 1 aliphatic heterocycles. The van der Waals surface area contributed by atoms with Crippen molar-refractivity contribution in [1.82, 2.24) is 15.3 Å². The number of hydrogen-bond acceptors (Lipinski definition) is 4. The first-order valence-electron chi connectivity index (χ1n) is 4.68. The third-order valence-electron chi connectivity index (χ3n) is 2.35. The van der Waals surface area contributed by atoms with E-state index in [1.807, 2.05) is 11.8 Å². The van der Waals surface area contributed by atoms with Crippen molar-refractivity contribution in [1.29, 1.82) is 0 Å². The summed E-state index contributed by atoms with van der Waals surface area (Å²) in [6, 6.07) is 1.97. The number of halogens is 1. The highest BCUT2D eigenvalue weighted by Gasteiger charge is 2.24. The molecule has 1 atom stereocenters. The smallest absolute Gasteiger partial charge is 0.239 e. The van der Waals surface area contributed by atoms with Gasteiger partial charge in [0.05, 0.1) is 6.54 Å². The largest absolute Gasteiger partial charge is 0.353 e. The predicted octanol–water partition coefficient (Wildman–Crippen LogP) is 0.455. The fourth-order valence-electron chi connectivity index (χ4n) is 1.53. The minimum Gasteiger partial charge on any atom is -0.353 e. The molecular formula is C9H11ClN4O. The molecule has 1 saturated heterocycles. The van der Waals surface area contributed by atoms with Gasteiger partial charge < -0.3 is 10.2 Å². The number of carbonyl (C=O) groups excluding carboxylic acids is 1. The summed E-state index contributed by atoms with van der Waals surface area (Å²) in [5.41, 5.74) is 0. The summed E-state index contributed by atoms with van der Waals surface area (Å²) >= 11 is 5.70. The Kier molecular flexibility index (Phi) is 2.73. The van der Waals surface area contributed by atoms with Crippen LogP contribution in [0.2, 0.25) is 5.28 Å². The first-order chi connectivity index (χ1) is 7.16. The molecule has 1 aromatic heterocycles. The Morgan fingerprint density at radius 3 is 3.20 bits per heavy atom. The maximum atomic E-state index is 11.2. The Balaban J connectivity index is 2.24. The predicted molar refractivity (Wildman–Crippen MR) is 56.9 cm³/mol. The Morgan fingerprint density at radius 2 is 2.47 bits per heavy atom. The van der Waals surface area contributed by atoms with Crippen LogP contribution >= 0.6 is 11.6 Å². The molecular weight excluding hydrogens is 216 g/mol. The second-order valence-corrected chi connectivity index (χ2v) is 3.80. The zero-order valence-electron chi connectivity index (χ0n) is 8.27. The summed E-state index contributed by atoms with van der Waals surface area (Å²) < 4.78 is 0. The number of nitrogens with zero attached hydrogens (tertiary/aromatic N) is 3. The molecule has 0 bridgehead atoms. The van der Waals surface area contributed by atoms with Crippen molar-refractivity contribution in [3.05, 3.63) is 17.5 Å². The number of aromatic nitrogens is 2. The van der Waals surface area contributed by atoms with Crippen LogP contribution in [0.15, 0.2) is 12.3 Å². The molecule has 1 N–H and O–H groups in total. The third-order valence-corrected chi connectivity index (χ3v) is 2.53. The molecule has 6 heteroatoms. The number of rotatable bonds is 1. The van der Waals surface area contributed by atoms with Crippen molar-refractivity contribution in [2.45, 2.75) is 13.0 Å². The quantitative estimate of drug-likeness (QED) is 0.707. The van der Waals surface area contributed by atoms with Crippen LogP contribution in [0.5, 0.6) is 0 Å². The molecule has 1 aromatic rings. The molecule has 2 rings (SSSR count). The van der Waals surface area contributed by atoms with Gasteiger partial charge in [-0.3, -0.25) is 4.79 Å². The summed E-state index contributed by atoms with van der Waals surface area (Å²) in [5, 5.41) is 2.99. The summed E-state index contributed by atoms with van der Waals surface area (Å²) in [6.07, 6.45) is 1.59. The van der Waals surface area contributed by atoms with Crippen molar-refractivity contribution in [2.24, 2.45) is 0 Å². The highest BCUT2D eigenvalue weighted by Crippen LogP contribution is 2.16. The van der Waals surface area contributed by atoms with Crippen LogP contribution in [0.1, 0.15) is 6.92 Å². The number of hydrogen-bond donors (Lipinski definition) is 1. The molecule has 0 saturated carbocycles. The van der Waals surface area contributed by atoms with Crippen LogP contribution in [-0.2, 0) is 4.79 Å². The third kappa shape index (κ3) is 2.18. The van der Waals surface area contributed by atoms with E-state index in [9.17, 15) is 4.79 Å². The number of nitrogens with one attached hydrogen (secondary N) is 1. The summed E-state index contributed by atoms with van der Waals surface area (Å²) in [4.78, 5) is 21.0. The van der Waals surface area contributed by atoms with Crippen molar-refractivity contribution in [3.8, 4) is 0 Å². The Hall–Kier alpha value is -1.36. The van der Waals surface area contributed by atoms with Crippen LogP contribution in [0.25, 0.3) is 0 Å². The molecule has 0 aromatic carbocycles. The van der Waals surface area contributed by atoms with Gasteiger partial charge in [0.2, 0.25) is 11.2 Å². The summed E-state index contributed by atoms with van der Waals surface area (Å²) in [6.45, 7) is 2.96. The van der Waals surface area contributed by atoms with Gasteiger partial charge in [0, 0.05) is 18.8 Å². The van der Waals surface area contributed by atoms with E-state index >= 15 is 0 Å². The van der Waals surface area contributed by atoms with E-state index in [-0.39, 0.29) is 17.2 Å². The average Bonchev–Trinajstić information content (AvgIpc) is 2.22. The van der Waals surface area contributed by atoms with E-state index in [1.54, 1.807) is 12.3 Å². The average molecular weight is 227 g/mol. The summed E-state index contributed by atoms with van der Waals surface area (Å²) in [5.74, 6) is 0.695. The maximum absolute atomic E-state index is 11.2. The molecule has 2 heterocycles. The van der Waals surface area contributed by atoms with Crippen molar-refractivity contribution < 1.29 is 4.79 Å². The lowest BCUT2D eigenvalue weighted by Gasteiger charge is -2.33. The lowest BCUT2D eigenvalue weighted by molar-refractivity contribution is -0.120. The van der Waals surface area contributed by atoms with Crippen LogP contribution in [0.3, 0.4) is 0 Å². The molecule has 1 amide bonds. The van der Waals surface area contributed by atoms with E-state index in [2.05, 4.69) is 15.3 Å². The zero-order valence-corrected chi connectivity index (χ0v) is 9.03. The van der Waals surface area contributed by atoms with Gasteiger partial charge in [-0.25, -0.2) is 9.97 Å². The SMILES string of the molecule is C[C@H]1CNC(=O)CN1c1ccnc(Cl)n1. The topological polar surface area (TPSA) is 58.1 Å². The lowest BCUT2D eigenvalue weighted by Crippen LogP contribution is -2.53. The van der Waals surface area contributed by atoms with Gasteiger partial charge in [0.25, 0.3) is 0 Å². The molecule has 0 radical (unpaired) electrons. The summed E-state index contributed by atoms with van der Waals surface area (Å²) in [7, 11) is 0. The van der Waals surface area contributed by atoms with Gasteiger partial charge in [-0.1, -0.05) is 0 Å². The second kappa shape index (κ2) is 4.02. The van der Waals surface area contributed by atoms with E-state index in [1.165, 1.54) is 0 Å². The molecule has 0 spiro atoms. The molecule has 5 nitrogen and oxygen atoms in total. The van der Waals surface area contributed by atoms with E-state index in [4.69, 9.17) is 11.6 Å². The second-order valence-electron chi connectivity index (χ2n) is 3.46. The Labute approximate surface area is 92.5 Å².